The van der Waals surface area contributed by atoms with E-state index in [4.69, 9.17) is 5.11 Å². The molecule has 0 fully saturated rings. The summed E-state index contributed by atoms with van der Waals surface area (Å²) in [6, 6.07) is -6.30. The van der Waals surface area contributed by atoms with Gasteiger partial charge in [0.15, 0.2) is 0 Å². The van der Waals surface area contributed by atoms with Crippen molar-refractivity contribution in [2.75, 3.05) is 13.1 Å². The molecule has 0 heterocycles. The number of rotatable bonds is 29. The second kappa shape index (κ2) is 25.8. The van der Waals surface area contributed by atoms with Crippen molar-refractivity contribution >= 4 is 59.2 Å². The van der Waals surface area contributed by atoms with Crippen LogP contribution in [0.5, 0.6) is 0 Å². The molecule has 0 bridgehead atoms. The molecule has 0 aromatic carbocycles. The van der Waals surface area contributed by atoms with Crippen molar-refractivity contribution in [3.63, 3.8) is 0 Å². The Balaban J connectivity index is 4.78. The summed E-state index contributed by atoms with van der Waals surface area (Å²) in [4.78, 5) is 118. The summed E-state index contributed by atoms with van der Waals surface area (Å²) in [6.07, 6.45) is -0.537. The molecule has 10 N–H and O–H groups in total. The number of hydrogen-bond donors (Lipinski definition) is 10. The van der Waals surface area contributed by atoms with Crippen LogP contribution in [0.4, 0.5) is 0 Å². The number of carboxylic acid groups (broad SMARTS) is 4. The number of carbonyl (C=O) groups is 10. The van der Waals surface area contributed by atoms with Crippen LogP contribution >= 0.6 is 0 Å². The lowest BCUT2D eigenvalue weighted by Crippen LogP contribution is -2.45. The number of aliphatic carboxylic acids is 4. The summed E-state index contributed by atoms with van der Waals surface area (Å²) in [6.45, 7) is 5.60. The summed E-state index contributed by atoms with van der Waals surface area (Å²) in [7, 11) is 0. The van der Waals surface area contributed by atoms with Crippen LogP contribution in [-0.4, -0.2) is 123 Å². The minimum absolute atomic E-state index is 0.0308. The topological polar surface area (TPSA) is 324 Å². The first-order valence-electron chi connectivity index (χ1n) is 16.9. The standard InChI is InChI=1S/C32H52N6O14/c1-4-16-33-20(18(2)39)7-5-6-17-34-25(41)12-8-22(30(47)48)36-27(43)14-10-24(32(51)52)38-28(44)15-11-23(31(49)50)37-26(42)13-9-21(29(45)46)35-19(3)40/h20-24,33H,4-17H2,1-3H3,(H,34,41)(H,35,40)(H,36,43)(H,37,42)(H,38,44)(H,45,46)(H,47,48)(H,49,50)(H,51,52). The van der Waals surface area contributed by atoms with Crippen LogP contribution in [0.25, 0.3) is 0 Å². The zero-order valence-corrected chi connectivity index (χ0v) is 29.7. The second-order valence-corrected chi connectivity index (χ2v) is 12.1. The van der Waals surface area contributed by atoms with E-state index in [0.29, 0.717) is 32.4 Å². The number of nitrogens with one attached hydrogen (secondary N) is 6. The van der Waals surface area contributed by atoms with E-state index in [1.165, 1.54) is 6.92 Å². The molecule has 5 unspecified atom stereocenters. The van der Waals surface area contributed by atoms with Gasteiger partial charge in [0.05, 0.1) is 6.04 Å². The summed E-state index contributed by atoms with van der Waals surface area (Å²) in [5.41, 5.74) is 0. The first-order chi connectivity index (χ1) is 24.4. The molecule has 0 saturated heterocycles. The van der Waals surface area contributed by atoms with Gasteiger partial charge in [-0.25, -0.2) is 19.2 Å². The van der Waals surface area contributed by atoms with Crippen molar-refractivity contribution < 1.29 is 68.4 Å². The Morgan fingerprint density at radius 2 is 0.827 bits per heavy atom. The Morgan fingerprint density at radius 1 is 0.462 bits per heavy atom. The van der Waals surface area contributed by atoms with Crippen LogP contribution < -0.4 is 31.9 Å². The van der Waals surface area contributed by atoms with Crippen LogP contribution in [0, 0.1) is 0 Å². The van der Waals surface area contributed by atoms with Crippen molar-refractivity contribution in [1.82, 2.24) is 31.9 Å². The van der Waals surface area contributed by atoms with Crippen molar-refractivity contribution in [2.45, 2.75) is 128 Å². The highest BCUT2D eigenvalue weighted by Crippen LogP contribution is 2.07. The lowest BCUT2D eigenvalue weighted by molar-refractivity contribution is -0.144. The smallest absolute Gasteiger partial charge is 0.326 e. The SMILES string of the molecule is CCCNC(CCCCNC(=O)CCC(NC(=O)CCC(NC(=O)CCC(NC(=O)CCC(NC(C)=O)C(=O)O)C(=O)O)C(=O)O)C(=O)O)C(C)=O. The third kappa shape index (κ3) is 21.8. The molecule has 0 saturated carbocycles. The monoisotopic (exact) mass is 744 g/mol. The number of amides is 5. The van der Waals surface area contributed by atoms with Gasteiger partial charge in [0, 0.05) is 39.2 Å². The van der Waals surface area contributed by atoms with Gasteiger partial charge in [-0.1, -0.05) is 6.92 Å². The van der Waals surface area contributed by atoms with Gasteiger partial charge in [-0.05, 0) is 64.8 Å². The minimum Gasteiger partial charge on any atom is -0.480 e. The third-order valence-corrected chi connectivity index (χ3v) is 7.59. The molecule has 0 aliphatic heterocycles. The molecule has 52 heavy (non-hydrogen) atoms. The number of carboxylic acids is 4. The highest BCUT2D eigenvalue weighted by molar-refractivity contribution is 5.88. The van der Waals surface area contributed by atoms with E-state index in [0.717, 1.165) is 13.3 Å². The number of unbranched alkanes of at least 4 members (excludes halogenated alkanes) is 1. The van der Waals surface area contributed by atoms with Gasteiger partial charge in [-0.3, -0.25) is 28.8 Å². The summed E-state index contributed by atoms with van der Waals surface area (Å²) in [5, 5.41) is 51.9. The van der Waals surface area contributed by atoms with Gasteiger partial charge < -0.3 is 52.3 Å². The Bertz CT molecular complexity index is 1280. The molecular formula is C32H52N6O14. The van der Waals surface area contributed by atoms with Crippen LogP contribution in [0.15, 0.2) is 0 Å². The van der Waals surface area contributed by atoms with E-state index in [1.54, 1.807) is 0 Å². The Morgan fingerprint density at radius 3 is 1.15 bits per heavy atom. The van der Waals surface area contributed by atoms with Crippen molar-refractivity contribution in [1.29, 1.82) is 0 Å². The maximum Gasteiger partial charge on any atom is 0.326 e. The van der Waals surface area contributed by atoms with Crippen LogP contribution in [0.3, 0.4) is 0 Å². The summed E-state index contributed by atoms with van der Waals surface area (Å²) in [5.74, 6) is -9.60. The fourth-order valence-electron chi connectivity index (χ4n) is 4.73. The highest BCUT2D eigenvalue weighted by atomic mass is 16.4. The normalized spacial score (nSPS) is 13.6. The Kier molecular flexibility index (Phi) is 23.2. The van der Waals surface area contributed by atoms with E-state index in [2.05, 4.69) is 31.9 Å². The predicted octanol–water partition coefficient (Wildman–Crippen LogP) is -1.35. The van der Waals surface area contributed by atoms with Crippen molar-refractivity contribution in [3.8, 4) is 0 Å². The largest absolute Gasteiger partial charge is 0.480 e. The van der Waals surface area contributed by atoms with Gasteiger partial charge in [0.25, 0.3) is 0 Å². The summed E-state index contributed by atoms with van der Waals surface area (Å²) >= 11 is 0. The van der Waals surface area contributed by atoms with Gasteiger partial charge in [0.1, 0.15) is 30.0 Å². The molecule has 0 spiro atoms. The molecule has 0 aliphatic rings. The first kappa shape index (κ1) is 46.9. The third-order valence-electron chi connectivity index (χ3n) is 7.59. The lowest BCUT2D eigenvalue weighted by atomic mass is 10.1. The maximum absolute atomic E-state index is 12.4. The molecule has 20 nitrogen and oxygen atoms in total. The molecule has 0 rings (SSSR count). The van der Waals surface area contributed by atoms with Crippen LogP contribution in [0.2, 0.25) is 0 Å². The van der Waals surface area contributed by atoms with E-state index in [1.807, 2.05) is 6.92 Å². The van der Waals surface area contributed by atoms with Crippen LogP contribution in [0.1, 0.15) is 97.8 Å². The number of Topliss-reactive ketones (excluding diaryl/α,β-unsaturated/α-hetero) is 1. The summed E-state index contributed by atoms with van der Waals surface area (Å²) < 4.78 is 0. The highest BCUT2D eigenvalue weighted by Gasteiger charge is 2.27. The van der Waals surface area contributed by atoms with E-state index in [9.17, 15) is 63.3 Å². The van der Waals surface area contributed by atoms with Gasteiger partial charge in [-0.2, -0.15) is 0 Å². The molecule has 294 valence electrons. The number of carbonyl (C=O) groups excluding carboxylic acids is 6. The molecule has 0 radical (unpaired) electrons. The van der Waals surface area contributed by atoms with Crippen LogP contribution in [-0.2, 0) is 47.9 Å². The fourth-order valence-corrected chi connectivity index (χ4v) is 4.73. The fraction of sp³-hybridized carbons (Fsp3) is 0.688. The van der Waals surface area contributed by atoms with Gasteiger partial charge in [0.2, 0.25) is 29.5 Å². The van der Waals surface area contributed by atoms with E-state index >= 15 is 0 Å². The molecule has 0 aromatic rings. The average molecular weight is 745 g/mol. The second-order valence-electron chi connectivity index (χ2n) is 12.1. The average Bonchev–Trinajstić information content (AvgIpc) is 3.05. The van der Waals surface area contributed by atoms with Gasteiger partial charge in [-0.15, -0.1) is 0 Å². The maximum atomic E-state index is 12.4. The lowest BCUT2D eigenvalue weighted by Gasteiger charge is -2.18. The zero-order chi connectivity index (χ0) is 39.8. The Labute approximate surface area is 300 Å². The molecule has 5 amide bonds. The van der Waals surface area contributed by atoms with Crippen molar-refractivity contribution in [2.24, 2.45) is 0 Å². The first-order valence-corrected chi connectivity index (χ1v) is 16.9. The van der Waals surface area contributed by atoms with Gasteiger partial charge >= 0.3 is 23.9 Å². The molecule has 20 heteroatoms. The molecule has 0 aliphatic carbocycles. The molecular weight excluding hydrogens is 692 g/mol. The minimum atomic E-state index is -1.61. The van der Waals surface area contributed by atoms with Crippen molar-refractivity contribution in [3.05, 3.63) is 0 Å². The van der Waals surface area contributed by atoms with E-state index < -0.39 is 110 Å². The number of hydrogen-bond acceptors (Lipinski definition) is 11. The van der Waals surface area contributed by atoms with E-state index in [-0.39, 0.29) is 31.1 Å². The Hall–Kier alpha value is -5.14. The number of ketones is 1. The molecule has 5 atom stereocenters. The zero-order valence-electron chi connectivity index (χ0n) is 29.7. The molecule has 0 aromatic heterocycles. The quantitative estimate of drug-likeness (QED) is 0.0396. The predicted molar refractivity (Wildman–Crippen MR) is 180 cm³/mol.